The van der Waals surface area contributed by atoms with Crippen LogP contribution >= 0.6 is 0 Å². The Labute approximate surface area is 78.0 Å². The van der Waals surface area contributed by atoms with Gasteiger partial charge in [0.1, 0.15) is 6.04 Å². The van der Waals surface area contributed by atoms with Crippen molar-refractivity contribution in [2.24, 2.45) is 5.92 Å². The number of aromatic nitrogens is 1. The van der Waals surface area contributed by atoms with Crippen LogP contribution in [0.1, 0.15) is 25.6 Å². The molecule has 1 rings (SSSR count). The van der Waals surface area contributed by atoms with Crippen LogP contribution in [0, 0.1) is 12.8 Å². The first-order valence-corrected chi connectivity index (χ1v) is 4.40. The largest absolute Gasteiger partial charge is 0.480 e. The summed E-state index contributed by atoms with van der Waals surface area (Å²) in [5, 5.41) is 9.02. The molecule has 0 aromatic carbocycles. The third-order valence-corrected chi connectivity index (χ3v) is 2.18. The van der Waals surface area contributed by atoms with E-state index in [1.165, 1.54) is 0 Å². The summed E-state index contributed by atoms with van der Waals surface area (Å²) in [4.78, 5) is 11.0. The fraction of sp³-hybridized carbons (Fsp3) is 0.500. The molecule has 1 aromatic rings. The van der Waals surface area contributed by atoms with Gasteiger partial charge < -0.3 is 9.67 Å². The molecule has 1 heterocycles. The van der Waals surface area contributed by atoms with Gasteiger partial charge in [-0.15, -0.1) is 0 Å². The summed E-state index contributed by atoms with van der Waals surface area (Å²) in [5.41, 5.74) is 0.987. The zero-order valence-electron chi connectivity index (χ0n) is 8.19. The number of carboxylic acids is 1. The zero-order valence-corrected chi connectivity index (χ0v) is 8.19. The lowest BCUT2D eigenvalue weighted by atomic mass is 10.0. The molecule has 1 aromatic heterocycles. The number of carbonyl (C=O) groups is 1. The van der Waals surface area contributed by atoms with Crippen molar-refractivity contribution in [2.45, 2.75) is 26.8 Å². The van der Waals surface area contributed by atoms with E-state index in [0.29, 0.717) is 0 Å². The molecule has 0 saturated carbocycles. The summed E-state index contributed by atoms with van der Waals surface area (Å²) in [6.07, 6.45) is 1.81. The van der Waals surface area contributed by atoms with E-state index >= 15 is 0 Å². The molecule has 0 amide bonds. The van der Waals surface area contributed by atoms with E-state index in [-0.39, 0.29) is 5.92 Å². The van der Waals surface area contributed by atoms with Crippen molar-refractivity contribution in [2.75, 3.05) is 0 Å². The van der Waals surface area contributed by atoms with Crippen LogP contribution in [0.3, 0.4) is 0 Å². The van der Waals surface area contributed by atoms with Crippen LogP contribution in [0.4, 0.5) is 0 Å². The molecule has 0 aliphatic heterocycles. The molecular weight excluding hydrogens is 166 g/mol. The molecule has 1 N–H and O–H groups in total. The number of nitrogens with zero attached hydrogens (tertiary/aromatic N) is 1. The highest BCUT2D eigenvalue weighted by Crippen LogP contribution is 2.20. The molecule has 0 aliphatic rings. The zero-order chi connectivity index (χ0) is 10.0. The summed E-state index contributed by atoms with van der Waals surface area (Å²) < 4.78 is 1.80. The molecule has 0 fully saturated rings. The van der Waals surface area contributed by atoms with Crippen LogP contribution in [0.2, 0.25) is 0 Å². The van der Waals surface area contributed by atoms with E-state index in [2.05, 4.69) is 0 Å². The molecule has 0 radical (unpaired) electrons. The summed E-state index contributed by atoms with van der Waals surface area (Å²) in [6, 6.07) is 3.33. The van der Waals surface area contributed by atoms with Crippen molar-refractivity contribution >= 4 is 5.97 Å². The lowest BCUT2D eigenvalue weighted by Crippen LogP contribution is -2.24. The average Bonchev–Trinajstić information content (AvgIpc) is 2.35. The maximum absolute atomic E-state index is 11.0. The maximum Gasteiger partial charge on any atom is 0.326 e. The molecule has 0 bridgehead atoms. The minimum Gasteiger partial charge on any atom is -0.480 e. The Bertz CT molecular complexity index is 302. The van der Waals surface area contributed by atoms with Crippen LogP contribution < -0.4 is 0 Å². The maximum atomic E-state index is 11.0. The van der Waals surface area contributed by atoms with E-state index in [0.717, 1.165) is 5.69 Å². The number of carboxylic acid groups (broad SMARTS) is 1. The Kier molecular flexibility index (Phi) is 2.76. The van der Waals surface area contributed by atoms with Crippen molar-refractivity contribution in [3.05, 3.63) is 24.0 Å². The second-order valence-electron chi connectivity index (χ2n) is 3.58. The Morgan fingerprint density at radius 3 is 2.46 bits per heavy atom. The van der Waals surface area contributed by atoms with Crippen LogP contribution in [0.25, 0.3) is 0 Å². The van der Waals surface area contributed by atoms with E-state index in [4.69, 9.17) is 5.11 Å². The lowest BCUT2D eigenvalue weighted by Gasteiger charge is -2.19. The topological polar surface area (TPSA) is 42.2 Å². The average molecular weight is 181 g/mol. The number of rotatable bonds is 3. The van der Waals surface area contributed by atoms with Crippen molar-refractivity contribution in [1.82, 2.24) is 4.57 Å². The first-order chi connectivity index (χ1) is 6.04. The Morgan fingerprint density at radius 2 is 2.15 bits per heavy atom. The Morgan fingerprint density at radius 1 is 1.54 bits per heavy atom. The summed E-state index contributed by atoms with van der Waals surface area (Å²) in [6.45, 7) is 5.74. The summed E-state index contributed by atoms with van der Waals surface area (Å²) in [7, 11) is 0. The smallest absolute Gasteiger partial charge is 0.326 e. The summed E-state index contributed by atoms with van der Waals surface area (Å²) in [5.74, 6) is -0.669. The normalized spacial score (nSPS) is 13.2. The van der Waals surface area contributed by atoms with Gasteiger partial charge in [-0.1, -0.05) is 13.8 Å². The predicted octanol–water partition coefficient (Wildman–Crippen LogP) is 2.08. The molecular formula is C10H15NO2. The van der Waals surface area contributed by atoms with Gasteiger partial charge in [-0.25, -0.2) is 4.79 Å². The minimum absolute atomic E-state index is 0.101. The van der Waals surface area contributed by atoms with Gasteiger partial charge in [0.05, 0.1) is 0 Å². The van der Waals surface area contributed by atoms with Crippen molar-refractivity contribution < 1.29 is 9.90 Å². The number of hydrogen-bond acceptors (Lipinski definition) is 1. The minimum atomic E-state index is -0.769. The monoisotopic (exact) mass is 181 g/mol. The predicted molar refractivity (Wildman–Crippen MR) is 50.7 cm³/mol. The van der Waals surface area contributed by atoms with E-state index in [9.17, 15) is 4.79 Å². The highest BCUT2D eigenvalue weighted by Gasteiger charge is 2.23. The van der Waals surface area contributed by atoms with E-state index in [1.54, 1.807) is 4.57 Å². The highest BCUT2D eigenvalue weighted by atomic mass is 16.4. The van der Waals surface area contributed by atoms with Crippen LogP contribution in [-0.4, -0.2) is 15.6 Å². The van der Waals surface area contributed by atoms with Crippen molar-refractivity contribution in [3.63, 3.8) is 0 Å². The van der Waals surface area contributed by atoms with Crippen LogP contribution in [0.5, 0.6) is 0 Å². The standard InChI is InChI=1S/C10H15NO2/c1-7(2)9(10(12)13)11-6-4-5-8(11)3/h4-7,9H,1-3H3,(H,12,13)/t9-/m0/s1. The van der Waals surface area contributed by atoms with Gasteiger partial charge >= 0.3 is 5.97 Å². The van der Waals surface area contributed by atoms with E-state index < -0.39 is 12.0 Å². The third-order valence-electron chi connectivity index (χ3n) is 2.18. The fourth-order valence-corrected chi connectivity index (χ4v) is 1.52. The molecule has 3 nitrogen and oxygen atoms in total. The molecule has 0 aliphatic carbocycles. The van der Waals surface area contributed by atoms with Crippen LogP contribution in [-0.2, 0) is 4.79 Å². The third kappa shape index (κ3) is 1.91. The first-order valence-electron chi connectivity index (χ1n) is 4.40. The van der Waals surface area contributed by atoms with Gasteiger partial charge in [-0.3, -0.25) is 0 Å². The highest BCUT2D eigenvalue weighted by molar-refractivity contribution is 5.72. The second kappa shape index (κ2) is 3.64. The second-order valence-corrected chi connectivity index (χ2v) is 3.58. The molecule has 3 heteroatoms. The van der Waals surface area contributed by atoms with Gasteiger partial charge in [0.25, 0.3) is 0 Å². The number of hydrogen-bond donors (Lipinski definition) is 1. The molecule has 0 unspecified atom stereocenters. The lowest BCUT2D eigenvalue weighted by molar-refractivity contribution is -0.142. The van der Waals surface area contributed by atoms with Gasteiger partial charge in [0.2, 0.25) is 0 Å². The number of aryl methyl sites for hydroxylation is 1. The molecule has 0 spiro atoms. The fourth-order valence-electron chi connectivity index (χ4n) is 1.52. The quantitative estimate of drug-likeness (QED) is 0.775. The van der Waals surface area contributed by atoms with Gasteiger partial charge in [0, 0.05) is 11.9 Å². The Hall–Kier alpha value is -1.25. The van der Waals surface area contributed by atoms with Gasteiger partial charge in [-0.05, 0) is 25.0 Å². The van der Waals surface area contributed by atoms with Crippen molar-refractivity contribution in [1.29, 1.82) is 0 Å². The van der Waals surface area contributed by atoms with E-state index in [1.807, 2.05) is 39.1 Å². The summed E-state index contributed by atoms with van der Waals surface area (Å²) >= 11 is 0. The first kappa shape index (κ1) is 9.84. The number of aliphatic carboxylic acids is 1. The Balaban J connectivity index is 3.02. The molecule has 0 saturated heterocycles. The SMILES string of the molecule is Cc1cccn1[C@H](C(=O)O)C(C)C. The van der Waals surface area contributed by atoms with Gasteiger partial charge in [-0.2, -0.15) is 0 Å². The van der Waals surface area contributed by atoms with Crippen molar-refractivity contribution in [3.8, 4) is 0 Å². The molecule has 1 atom stereocenters. The molecule has 13 heavy (non-hydrogen) atoms. The van der Waals surface area contributed by atoms with Crippen LogP contribution in [0.15, 0.2) is 18.3 Å². The molecule has 72 valence electrons. The van der Waals surface area contributed by atoms with Gasteiger partial charge in [0.15, 0.2) is 0 Å².